The minimum absolute atomic E-state index is 0.158. The molecule has 0 unspecified atom stereocenters. The number of aryl methyl sites for hydroxylation is 2. The van der Waals surface area contributed by atoms with Crippen molar-refractivity contribution in [3.63, 3.8) is 0 Å². The topological polar surface area (TPSA) is 71.5 Å². The third-order valence-electron chi connectivity index (χ3n) is 3.10. The van der Waals surface area contributed by atoms with E-state index < -0.39 is 0 Å². The van der Waals surface area contributed by atoms with Gasteiger partial charge in [0.2, 0.25) is 0 Å². The highest BCUT2D eigenvalue weighted by Gasteiger charge is 2.11. The standard InChI is InChI=1S/C16H20N2O3S/c1-3-21-13-8-6-12(7-9-13)15(20)18-16-17-11(2)14(22-16)5-4-10-19/h6-9,19H,3-5,10H2,1-2H3,(H,17,18,20). The Kier molecular flexibility index (Phi) is 5.91. The summed E-state index contributed by atoms with van der Waals surface area (Å²) in [7, 11) is 0. The van der Waals surface area contributed by atoms with Crippen LogP contribution in [0.4, 0.5) is 5.13 Å². The van der Waals surface area contributed by atoms with Crippen LogP contribution in [0.2, 0.25) is 0 Å². The molecule has 22 heavy (non-hydrogen) atoms. The lowest BCUT2D eigenvalue weighted by Gasteiger charge is -2.04. The number of benzene rings is 1. The van der Waals surface area contributed by atoms with Crippen LogP contribution >= 0.6 is 11.3 Å². The summed E-state index contributed by atoms with van der Waals surface area (Å²) >= 11 is 1.45. The monoisotopic (exact) mass is 320 g/mol. The fourth-order valence-electron chi connectivity index (χ4n) is 1.99. The average molecular weight is 320 g/mol. The normalized spacial score (nSPS) is 10.5. The molecule has 6 heteroatoms. The van der Waals surface area contributed by atoms with Crippen LogP contribution in [0.1, 0.15) is 34.3 Å². The predicted octanol–water partition coefficient (Wildman–Crippen LogP) is 3.03. The minimum atomic E-state index is -0.189. The zero-order chi connectivity index (χ0) is 15.9. The van der Waals surface area contributed by atoms with Crippen molar-refractivity contribution in [2.45, 2.75) is 26.7 Å². The Labute approximate surface area is 134 Å². The van der Waals surface area contributed by atoms with E-state index in [4.69, 9.17) is 9.84 Å². The Balaban J connectivity index is 2.02. The maximum Gasteiger partial charge on any atom is 0.257 e. The molecule has 0 saturated heterocycles. The van der Waals surface area contributed by atoms with Gasteiger partial charge in [-0.25, -0.2) is 4.98 Å². The molecular formula is C16H20N2O3S. The number of hydrogen-bond acceptors (Lipinski definition) is 5. The Morgan fingerprint density at radius 2 is 2.09 bits per heavy atom. The molecule has 1 aromatic carbocycles. The van der Waals surface area contributed by atoms with E-state index in [1.165, 1.54) is 11.3 Å². The molecule has 0 bridgehead atoms. The summed E-state index contributed by atoms with van der Waals surface area (Å²) in [6.07, 6.45) is 1.48. The first-order valence-electron chi connectivity index (χ1n) is 7.25. The summed E-state index contributed by atoms with van der Waals surface area (Å²) < 4.78 is 5.35. The van der Waals surface area contributed by atoms with E-state index in [2.05, 4.69) is 10.3 Å². The number of aliphatic hydroxyl groups is 1. The Hall–Kier alpha value is -1.92. The summed E-state index contributed by atoms with van der Waals surface area (Å²) in [5, 5.41) is 12.3. The highest BCUT2D eigenvalue weighted by Crippen LogP contribution is 2.24. The maximum absolute atomic E-state index is 12.2. The van der Waals surface area contributed by atoms with Gasteiger partial charge in [-0.15, -0.1) is 11.3 Å². The molecule has 0 radical (unpaired) electrons. The van der Waals surface area contributed by atoms with Crippen molar-refractivity contribution < 1.29 is 14.6 Å². The number of nitrogens with one attached hydrogen (secondary N) is 1. The summed E-state index contributed by atoms with van der Waals surface area (Å²) in [6.45, 7) is 4.58. The molecule has 0 fully saturated rings. The second kappa shape index (κ2) is 7.91. The quantitative estimate of drug-likeness (QED) is 0.822. The molecule has 1 aromatic heterocycles. The van der Waals surface area contributed by atoms with Crippen LogP contribution in [-0.2, 0) is 6.42 Å². The Morgan fingerprint density at radius 3 is 2.73 bits per heavy atom. The smallest absolute Gasteiger partial charge is 0.257 e. The maximum atomic E-state index is 12.2. The van der Waals surface area contributed by atoms with Gasteiger partial charge in [-0.1, -0.05) is 0 Å². The summed E-state index contributed by atoms with van der Waals surface area (Å²) in [4.78, 5) is 17.6. The molecule has 2 rings (SSSR count). The van der Waals surface area contributed by atoms with Crippen molar-refractivity contribution in [3.05, 3.63) is 40.4 Å². The molecule has 2 aromatic rings. The van der Waals surface area contributed by atoms with Gasteiger partial charge in [-0.3, -0.25) is 10.1 Å². The Morgan fingerprint density at radius 1 is 1.36 bits per heavy atom. The molecule has 118 valence electrons. The van der Waals surface area contributed by atoms with Crippen molar-refractivity contribution in [1.29, 1.82) is 0 Å². The lowest BCUT2D eigenvalue weighted by molar-refractivity contribution is 0.102. The van der Waals surface area contributed by atoms with Crippen LogP contribution in [0.25, 0.3) is 0 Å². The van der Waals surface area contributed by atoms with Crippen molar-refractivity contribution in [3.8, 4) is 5.75 Å². The third kappa shape index (κ3) is 4.29. The fraction of sp³-hybridized carbons (Fsp3) is 0.375. The molecule has 0 atom stereocenters. The van der Waals surface area contributed by atoms with Crippen LogP contribution in [0.3, 0.4) is 0 Å². The molecule has 5 nitrogen and oxygen atoms in total. The number of rotatable bonds is 7. The number of ether oxygens (including phenoxy) is 1. The van der Waals surface area contributed by atoms with E-state index >= 15 is 0 Å². The van der Waals surface area contributed by atoms with Gasteiger partial charge in [-0.2, -0.15) is 0 Å². The number of carbonyl (C=O) groups excluding carboxylic acids is 1. The van der Waals surface area contributed by atoms with E-state index in [-0.39, 0.29) is 12.5 Å². The number of thiazole rings is 1. The average Bonchev–Trinajstić information content (AvgIpc) is 2.86. The molecule has 0 saturated carbocycles. The van der Waals surface area contributed by atoms with Crippen molar-refractivity contribution >= 4 is 22.4 Å². The zero-order valence-electron chi connectivity index (χ0n) is 12.8. The second-order valence-corrected chi connectivity index (χ2v) is 5.85. The van der Waals surface area contributed by atoms with Crippen LogP contribution in [0.5, 0.6) is 5.75 Å². The van der Waals surface area contributed by atoms with Gasteiger partial charge in [0.05, 0.1) is 12.3 Å². The van der Waals surface area contributed by atoms with Gasteiger partial charge >= 0.3 is 0 Å². The molecule has 0 aliphatic carbocycles. The van der Waals surface area contributed by atoms with Gasteiger partial charge in [0.1, 0.15) is 5.75 Å². The van der Waals surface area contributed by atoms with Crippen molar-refractivity contribution in [2.24, 2.45) is 0 Å². The summed E-state index contributed by atoms with van der Waals surface area (Å²) in [6, 6.07) is 7.01. The number of hydrogen-bond donors (Lipinski definition) is 2. The van der Waals surface area contributed by atoms with Crippen LogP contribution in [-0.4, -0.2) is 29.2 Å². The van der Waals surface area contributed by atoms with Crippen LogP contribution in [0.15, 0.2) is 24.3 Å². The lowest BCUT2D eigenvalue weighted by atomic mass is 10.2. The third-order valence-corrected chi connectivity index (χ3v) is 4.24. The van der Waals surface area contributed by atoms with Crippen molar-refractivity contribution in [1.82, 2.24) is 4.98 Å². The van der Waals surface area contributed by atoms with E-state index in [0.29, 0.717) is 23.7 Å². The molecule has 0 spiro atoms. The van der Waals surface area contributed by atoms with Gasteiger partial charge in [0, 0.05) is 17.0 Å². The molecule has 0 aliphatic rings. The summed E-state index contributed by atoms with van der Waals surface area (Å²) in [5.74, 6) is 0.556. The van der Waals surface area contributed by atoms with E-state index in [9.17, 15) is 4.79 Å². The summed E-state index contributed by atoms with van der Waals surface area (Å²) in [5.41, 5.74) is 1.47. The minimum Gasteiger partial charge on any atom is -0.494 e. The van der Waals surface area contributed by atoms with E-state index in [0.717, 1.165) is 22.7 Å². The number of carbonyl (C=O) groups is 1. The Bertz CT molecular complexity index is 623. The molecule has 1 heterocycles. The first-order chi connectivity index (χ1) is 10.6. The second-order valence-electron chi connectivity index (χ2n) is 4.77. The lowest BCUT2D eigenvalue weighted by Crippen LogP contribution is -2.11. The number of anilines is 1. The highest BCUT2D eigenvalue weighted by atomic mass is 32.1. The first-order valence-corrected chi connectivity index (χ1v) is 8.07. The number of aromatic nitrogens is 1. The van der Waals surface area contributed by atoms with Crippen LogP contribution < -0.4 is 10.1 Å². The number of amides is 1. The van der Waals surface area contributed by atoms with E-state index in [1.54, 1.807) is 24.3 Å². The predicted molar refractivity (Wildman–Crippen MR) is 87.8 cm³/mol. The van der Waals surface area contributed by atoms with Gasteiger partial charge < -0.3 is 9.84 Å². The largest absolute Gasteiger partial charge is 0.494 e. The first kappa shape index (κ1) is 16.5. The fourth-order valence-corrected chi connectivity index (χ4v) is 2.99. The molecule has 2 N–H and O–H groups in total. The highest BCUT2D eigenvalue weighted by molar-refractivity contribution is 7.15. The number of aliphatic hydroxyl groups excluding tert-OH is 1. The molecule has 1 amide bonds. The van der Waals surface area contributed by atoms with Crippen molar-refractivity contribution in [2.75, 3.05) is 18.5 Å². The molecule has 0 aliphatic heterocycles. The van der Waals surface area contributed by atoms with Crippen LogP contribution in [0, 0.1) is 6.92 Å². The molecular weight excluding hydrogens is 300 g/mol. The van der Waals surface area contributed by atoms with Gasteiger partial charge in [0.15, 0.2) is 5.13 Å². The van der Waals surface area contributed by atoms with Gasteiger partial charge in [-0.05, 0) is 51.0 Å². The SMILES string of the molecule is CCOc1ccc(C(=O)Nc2nc(C)c(CCCO)s2)cc1. The number of nitrogens with zero attached hydrogens (tertiary/aromatic N) is 1. The zero-order valence-corrected chi connectivity index (χ0v) is 13.6. The van der Waals surface area contributed by atoms with Gasteiger partial charge in [0.25, 0.3) is 5.91 Å². The van der Waals surface area contributed by atoms with E-state index in [1.807, 2.05) is 13.8 Å².